The molecule has 0 radical (unpaired) electrons. The number of morpholine rings is 1. The number of ether oxygens (including phenoxy) is 1. The Hall–Kier alpha value is -2.95. The Kier molecular flexibility index (Phi) is 6.42. The fraction of sp³-hybridized carbons (Fsp3) is 0.545. The van der Waals surface area contributed by atoms with E-state index in [-0.39, 0.29) is 24.9 Å². The molecule has 8 nitrogen and oxygen atoms in total. The molecule has 0 aromatic carbocycles. The lowest BCUT2D eigenvalue weighted by atomic mass is 9.72. The van der Waals surface area contributed by atoms with Gasteiger partial charge in [-0.1, -0.05) is 0 Å². The number of aryl methyl sites for hydroxylation is 1. The Balaban J connectivity index is 1.64. The SMILES string of the molecule is C=N/N=C(C)\C=C(/C)[C@@H]1CN(c2nc(C3CC(C(F)(F)F)C3)c3ncc(C)nc3n2)CCO1. The molecule has 2 aromatic rings. The van der Waals surface area contributed by atoms with E-state index in [0.717, 1.165) is 5.57 Å². The van der Waals surface area contributed by atoms with Gasteiger partial charge in [-0.15, -0.1) is 0 Å². The Bertz CT molecular complexity index is 1110. The van der Waals surface area contributed by atoms with Crippen molar-refractivity contribution in [2.75, 3.05) is 24.6 Å². The number of aromatic nitrogens is 4. The molecule has 0 spiro atoms. The monoisotopic (exact) mass is 461 g/mol. The number of halogens is 3. The summed E-state index contributed by atoms with van der Waals surface area (Å²) in [5, 5.41) is 7.45. The quantitative estimate of drug-likeness (QED) is 0.494. The third kappa shape index (κ3) is 5.02. The Morgan fingerprint density at radius 1 is 1.24 bits per heavy atom. The zero-order valence-electron chi connectivity index (χ0n) is 18.8. The topological polar surface area (TPSA) is 88.8 Å². The Labute approximate surface area is 189 Å². The maximum atomic E-state index is 13.1. The van der Waals surface area contributed by atoms with E-state index >= 15 is 0 Å². The van der Waals surface area contributed by atoms with Crippen molar-refractivity contribution in [3.63, 3.8) is 0 Å². The van der Waals surface area contributed by atoms with Crippen LogP contribution in [-0.2, 0) is 4.74 Å². The van der Waals surface area contributed by atoms with Gasteiger partial charge in [-0.05, 0) is 45.3 Å². The van der Waals surface area contributed by atoms with Gasteiger partial charge in [0.1, 0.15) is 5.52 Å². The van der Waals surface area contributed by atoms with Crippen molar-refractivity contribution in [1.29, 1.82) is 0 Å². The highest BCUT2D eigenvalue weighted by atomic mass is 19.4. The van der Waals surface area contributed by atoms with Crippen molar-refractivity contribution in [3.8, 4) is 0 Å². The first-order valence-corrected chi connectivity index (χ1v) is 10.8. The summed E-state index contributed by atoms with van der Waals surface area (Å²) in [6, 6.07) is 0. The molecule has 0 bridgehead atoms. The summed E-state index contributed by atoms with van der Waals surface area (Å²) >= 11 is 0. The molecular formula is C22H26F3N7O. The van der Waals surface area contributed by atoms with Gasteiger partial charge in [0, 0.05) is 25.4 Å². The van der Waals surface area contributed by atoms with Crippen LogP contribution in [0.25, 0.3) is 11.2 Å². The number of fused-ring (bicyclic) bond motifs is 1. The molecule has 11 heteroatoms. The molecule has 0 amide bonds. The van der Waals surface area contributed by atoms with Crippen LogP contribution in [0.2, 0.25) is 0 Å². The van der Waals surface area contributed by atoms with E-state index < -0.39 is 12.1 Å². The van der Waals surface area contributed by atoms with Gasteiger partial charge in [-0.3, -0.25) is 0 Å². The fourth-order valence-electron chi connectivity index (χ4n) is 4.21. The van der Waals surface area contributed by atoms with Crippen LogP contribution in [-0.4, -0.2) is 64.3 Å². The first kappa shape index (κ1) is 23.2. The predicted octanol–water partition coefficient (Wildman–Crippen LogP) is 4.01. The average molecular weight is 461 g/mol. The molecule has 0 N–H and O–H groups in total. The molecule has 1 aliphatic heterocycles. The minimum absolute atomic E-state index is 0.00808. The van der Waals surface area contributed by atoms with Gasteiger partial charge in [0.15, 0.2) is 5.65 Å². The highest BCUT2D eigenvalue weighted by Crippen LogP contribution is 2.50. The number of rotatable bonds is 5. The lowest BCUT2D eigenvalue weighted by Crippen LogP contribution is -2.44. The lowest BCUT2D eigenvalue weighted by molar-refractivity contribution is -0.197. The largest absolute Gasteiger partial charge is 0.391 e. The molecule has 2 aliphatic rings. The van der Waals surface area contributed by atoms with E-state index in [1.165, 1.54) is 0 Å². The average Bonchev–Trinajstić information content (AvgIpc) is 2.71. The summed E-state index contributed by atoms with van der Waals surface area (Å²) in [4.78, 5) is 20.2. The van der Waals surface area contributed by atoms with Crippen LogP contribution in [0.4, 0.5) is 19.1 Å². The number of hydrogen-bond donors (Lipinski definition) is 0. The van der Waals surface area contributed by atoms with Gasteiger partial charge in [-0.25, -0.2) is 15.0 Å². The van der Waals surface area contributed by atoms with Crippen molar-refractivity contribution in [1.82, 2.24) is 19.9 Å². The van der Waals surface area contributed by atoms with E-state index in [1.807, 2.05) is 24.8 Å². The van der Waals surface area contributed by atoms with Crippen molar-refractivity contribution in [2.45, 2.75) is 51.8 Å². The highest BCUT2D eigenvalue weighted by molar-refractivity contribution is 5.93. The van der Waals surface area contributed by atoms with E-state index in [4.69, 9.17) is 9.72 Å². The van der Waals surface area contributed by atoms with Crippen LogP contribution in [0.1, 0.15) is 44.0 Å². The summed E-state index contributed by atoms with van der Waals surface area (Å²) in [6.07, 6.45) is -0.902. The van der Waals surface area contributed by atoms with Crippen LogP contribution in [0.3, 0.4) is 0 Å². The number of nitrogens with zero attached hydrogens (tertiary/aromatic N) is 7. The standard InChI is InChI=1S/C22H26F3N7O/c1-12(7-13(2)31-26-4)17-11-32(5-6-33-17)21-29-18(15-8-16(9-15)22(23,24)25)19-20(30-21)28-14(3)10-27-19/h7,10,15-17H,4-6,8-9,11H2,1-3H3/b12-7+,31-13-/t15?,16?,17-/m0/s1. The molecule has 1 saturated heterocycles. The third-order valence-electron chi connectivity index (χ3n) is 6.05. The minimum Gasteiger partial charge on any atom is -0.370 e. The molecule has 176 valence electrons. The second-order valence-electron chi connectivity index (χ2n) is 8.58. The molecule has 1 aliphatic carbocycles. The molecule has 3 heterocycles. The molecular weight excluding hydrogens is 435 g/mol. The van der Waals surface area contributed by atoms with Crippen LogP contribution < -0.4 is 4.90 Å². The van der Waals surface area contributed by atoms with E-state index in [1.54, 1.807) is 13.1 Å². The Morgan fingerprint density at radius 3 is 2.70 bits per heavy atom. The maximum Gasteiger partial charge on any atom is 0.391 e. The maximum absolute atomic E-state index is 13.1. The second kappa shape index (κ2) is 9.12. The van der Waals surface area contributed by atoms with Crippen molar-refractivity contribution < 1.29 is 17.9 Å². The van der Waals surface area contributed by atoms with Crippen molar-refractivity contribution in [3.05, 3.63) is 29.2 Å². The van der Waals surface area contributed by atoms with Gasteiger partial charge >= 0.3 is 6.18 Å². The summed E-state index contributed by atoms with van der Waals surface area (Å²) in [5.41, 5.74) is 3.78. The van der Waals surface area contributed by atoms with Crippen LogP contribution >= 0.6 is 0 Å². The first-order chi connectivity index (χ1) is 15.7. The van der Waals surface area contributed by atoms with E-state index in [9.17, 15) is 13.2 Å². The second-order valence-corrected chi connectivity index (χ2v) is 8.58. The number of hydrogen-bond acceptors (Lipinski definition) is 8. The number of alkyl halides is 3. The molecule has 33 heavy (non-hydrogen) atoms. The minimum atomic E-state index is -4.19. The highest BCUT2D eigenvalue weighted by Gasteiger charge is 2.49. The fourth-order valence-corrected chi connectivity index (χ4v) is 4.21. The molecule has 0 unspecified atom stereocenters. The third-order valence-corrected chi connectivity index (χ3v) is 6.05. The summed E-state index contributed by atoms with van der Waals surface area (Å²) in [6.45, 7) is 10.5. The summed E-state index contributed by atoms with van der Waals surface area (Å²) < 4.78 is 45.2. The number of allylic oxidation sites excluding steroid dienone is 1. The molecule has 2 aromatic heterocycles. The van der Waals surface area contributed by atoms with Gasteiger partial charge in [-0.2, -0.15) is 28.4 Å². The van der Waals surface area contributed by atoms with Gasteiger partial charge < -0.3 is 9.64 Å². The summed E-state index contributed by atoms with van der Waals surface area (Å²) in [5.74, 6) is -1.18. The van der Waals surface area contributed by atoms with Gasteiger partial charge in [0.05, 0.1) is 42.3 Å². The first-order valence-electron chi connectivity index (χ1n) is 10.8. The van der Waals surface area contributed by atoms with Gasteiger partial charge in [0.25, 0.3) is 0 Å². The van der Waals surface area contributed by atoms with E-state index in [0.29, 0.717) is 53.9 Å². The van der Waals surface area contributed by atoms with Gasteiger partial charge in [0.2, 0.25) is 5.95 Å². The zero-order chi connectivity index (χ0) is 23.8. The molecule has 1 saturated carbocycles. The Morgan fingerprint density at radius 2 is 2.00 bits per heavy atom. The molecule has 1 atom stereocenters. The summed E-state index contributed by atoms with van der Waals surface area (Å²) in [7, 11) is 0. The smallest absolute Gasteiger partial charge is 0.370 e. The van der Waals surface area contributed by atoms with Crippen LogP contribution in [0.5, 0.6) is 0 Å². The lowest BCUT2D eigenvalue weighted by Gasteiger charge is -2.37. The van der Waals surface area contributed by atoms with E-state index in [2.05, 4.69) is 31.9 Å². The normalized spacial score (nSPS) is 24.7. The molecule has 4 rings (SSSR count). The van der Waals surface area contributed by atoms with Crippen molar-refractivity contribution >= 4 is 29.5 Å². The molecule has 2 fully saturated rings. The number of anilines is 1. The van der Waals surface area contributed by atoms with Crippen LogP contribution in [0.15, 0.2) is 28.0 Å². The predicted molar refractivity (Wildman–Crippen MR) is 120 cm³/mol. The zero-order valence-corrected chi connectivity index (χ0v) is 18.8. The van der Waals surface area contributed by atoms with Crippen molar-refractivity contribution in [2.24, 2.45) is 16.1 Å². The van der Waals surface area contributed by atoms with Crippen LogP contribution in [0, 0.1) is 12.8 Å².